The lowest BCUT2D eigenvalue weighted by Gasteiger charge is -2.32. The summed E-state index contributed by atoms with van der Waals surface area (Å²) in [5, 5.41) is 9.64. The van der Waals surface area contributed by atoms with E-state index in [1.807, 2.05) is 24.3 Å². The second-order valence-electron chi connectivity index (χ2n) is 6.51. The first kappa shape index (κ1) is 15.6. The zero-order valence-corrected chi connectivity index (χ0v) is 14.4. The van der Waals surface area contributed by atoms with E-state index in [-0.39, 0.29) is 12.6 Å². The minimum atomic E-state index is 0.251. The summed E-state index contributed by atoms with van der Waals surface area (Å²) in [6.07, 6.45) is 3.97. The van der Waals surface area contributed by atoms with Crippen LogP contribution in [0.3, 0.4) is 0 Å². The molecule has 0 bridgehead atoms. The molecule has 0 spiro atoms. The van der Waals surface area contributed by atoms with Gasteiger partial charge in [0.25, 0.3) is 0 Å². The molecular weight excluding hydrogens is 344 g/mol. The monoisotopic (exact) mass is 360 g/mol. The summed E-state index contributed by atoms with van der Waals surface area (Å²) in [6.45, 7) is 1.67. The van der Waals surface area contributed by atoms with E-state index >= 15 is 0 Å². The summed E-state index contributed by atoms with van der Waals surface area (Å²) < 4.78 is 16.1. The third-order valence-corrected chi connectivity index (χ3v) is 5.02. The van der Waals surface area contributed by atoms with Gasteiger partial charge in [-0.3, -0.25) is 0 Å². The molecule has 1 aromatic carbocycles. The lowest BCUT2D eigenvalue weighted by Crippen LogP contribution is -2.32. The third kappa shape index (κ3) is 2.46. The molecular formula is C20H16N4O3. The Balaban J connectivity index is 1.60. The van der Waals surface area contributed by atoms with Crippen molar-refractivity contribution in [1.82, 2.24) is 4.98 Å². The maximum atomic E-state index is 9.64. The number of nitrogens with zero attached hydrogens (tertiary/aromatic N) is 3. The first-order chi connectivity index (χ1) is 13.2. The van der Waals surface area contributed by atoms with Gasteiger partial charge < -0.3 is 24.5 Å². The normalized spacial score (nSPS) is 14.7. The zero-order valence-electron chi connectivity index (χ0n) is 14.4. The van der Waals surface area contributed by atoms with Gasteiger partial charge in [0.15, 0.2) is 11.5 Å². The first-order valence-electron chi connectivity index (χ1n) is 8.63. The van der Waals surface area contributed by atoms with Crippen LogP contribution >= 0.6 is 0 Å². The van der Waals surface area contributed by atoms with E-state index in [2.05, 4.69) is 16.0 Å². The van der Waals surface area contributed by atoms with Gasteiger partial charge in [-0.15, -0.1) is 0 Å². The molecule has 134 valence electrons. The van der Waals surface area contributed by atoms with Gasteiger partial charge >= 0.3 is 0 Å². The number of benzene rings is 1. The summed E-state index contributed by atoms with van der Waals surface area (Å²) in [4.78, 5) is 6.74. The van der Waals surface area contributed by atoms with Crippen LogP contribution in [0.4, 0.5) is 11.5 Å². The van der Waals surface area contributed by atoms with Gasteiger partial charge in [0.1, 0.15) is 17.5 Å². The maximum absolute atomic E-state index is 9.64. The Kier molecular flexibility index (Phi) is 3.44. The average molecular weight is 360 g/mol. The topological polar surface area (TPSA) is 97.5 Å². The summed E-state index contributed by atoms with van der Waals surface area (Å²) >= 11 is 0. The first-order valence-corrected chi connectivity index (χ1v) is 8.63. The predicted octanol–water partition coefficient (Wildman–Crippen LogP) is 3.09. The number of pyridine rings is 1. The summed E-state index contributed by atoms with van der Waals surface area (Å²) in [7, 11) is 0. The molecule has 0 aliphatic carbocycles. The van der Waals surface area contributed by atoms with Gasteiger partial charge in [-0.25, -0.2) is 4.98 Å². The quantitative estimate of drug-likeness (QED) is 0.750. The number of anilines is 2. The van der Waals surface area contributed by atoms with Crippen molar-refractivity contribution in [2.45, 2.75) is 13.0 Å². The molecule has 0 atom stereocenters. The SMILES string of the molecule is N#Cc1c(N)nc2c(c1-c1ccoc1)CN(c1ccc3c(c1)OCO3)CC2. The van der Waals surface area contributed by atoms with Gasteiger partial charge in [0, 0.05) is 48.0 Å². The number of hydrogen-bond donors (Lipinski definition) is 1. The molecule has 2 aliphatic heterocycles. The van der Waals surface area contributed by atoms with Crippen LogP contribution in [0.1, 0.15) is 16.8 Å². The Labute approximate surface area is 155 Å². The Hall–Kier alpha value is -3.66. The molecule has 3 aromatic rings. The third-order valence-electron chi connectivity index (χ3n) is 5.02. The Bertz CT molecular complexity index is 1070. The minimum Gasteiger partial charge on any atom is -0.472 e. The van der Waals surface area contributed by atoms with Crippen LogP contribution in [0, 0.1) is 11.3 Å². The highest BCUT2D eigenvalue weighted by Gasteiger charge is 2.27. The van der Waals surface area contributed by atoms with Gasteiger partial charge in [0.05, 0.1) is 18.2 Å². The fourth-order valence-corrected chi connectivity index (χ4v) is 3.72. The molecule has 0 amide bonds. The number of rotatable bonds is 2. The van der Waals surface area contributed by atoms with E-state index in [4.69, 9.17) is 19.6 Å². The van der Waals surface area contributed by atoms with Crippen molar-refractivity contribution in [3.8, 4) is 28.7 Å². The van der Waals surface area contributed by atoms with Crippen molar-refractivity contribution in [3.05, 3.63) is 53.6 Å². The van der Waals surface area contributed by atoms with E-state index in [1.165, 1.54) is 0 Å². The van der Waals surface area contributed by atoms with Crippen molar-refractivity contribution in [2.75, 3.05) is 24.0 Å². The van der Waals surface area contributed by atoms with Crippen LogP contribution in [-0.4, -0.2) is 18.3 Å². The molecule has 7 heteroatoms. The van der Waals surface area contributed by atoms with Crippen molar-refractivity contribution >= 4 is 11.5 Å². The Morgan fingerprint density at radius 1 is 1.19 bits per heavy atom. The van der Waals surface area contributed by atoms with Crippen LogP contribution in [0.15, 0.2) is 41.2 Å². The number of ether oxygens (including phenoxy) is 2. The Morgan fingerprint density at radius 2 is 2.07 bits per heavy atom. The molecule has 5 rings (SSSR count). The number of fused-ring (bicyclic) bond motifs is 2. The van der Waals surface area contributed by atoms with E-state index in [1.54, 1.807) is 12.5 Å². The summed E-state index contributed by atoms with van der Waals surface area (Å²) in [5.74, 6) is 1.78. The minimum absolute atomic E-state index is 0.251. The van der Waals surface area contributed by atoms with Crippen molar-refractivity contribution < 1.29 is 13.9 Å². The predicted molar refractivity (Wildman–Crippen MR) is 98.4 cm³/mol. The molecule has 4 heterocycles. The summed E-state index contributed by atoms with van der Waals surface area (Å²) in [6, 6.07) is 9.98. The molecule has 0 unspecified atom stereocenters. The fourth-order valence-electron chi connectivity index (χ4n) is 3.72. The van der Waals surface area contributed by atoms with Crippen LogP contribution in [-0.2, 0) is 13.0 Å². The second kappa shape index (κ2) is 5.95. The molecule has 7 nitrogen and oxygen atoms in total. The molecule has 0 fully saturated rings. The summed E-state index contributed by atoms with van der Waals surface area (Å²) in [5.41, 5.74) is 11.1. The number of nitrogen functional groups attached to an aromatic ring is 1. The van der Waals surface area contributed by atoms with E-state index in [0.29, 0.717) is 12.1 Å². The number of aromatic nitrogens is 1. The molecule has 27 heavy (non-hydrogen) atoms. The number of hydrogen-bond acceptors (Lipinski definition) is 7. The van der Waals surface area contributed by atoms with E-state index in [0.717, 1.165) is 52.5 Å². The van der Waals surface area contributed by atoms with Crippen molar-refractivity contribution in [2.24, 2.45) is 0 Å². The van der Waals surface area contributed by atoms with Crippen LogP contribution < -0.4 is 20.1 Å². The molecule has 0 radical (unpaired) electrons. The number of furan rings is 1. The number of nitrogens with two attached hydrogens (primary N) is 1. The molecule has 2 aromatic heterocycles. The van der Waals surface area contributed by atoms with Gasteiger partial charge in [-0.1, -0.05) is 0 Å². The Morgan fingerprint density at radius 3 is 2.89 bits per heavy atom. The lowest BCUT2D eigenvalue weighted by molar-refractivity contribution is 0.174. The van der Waals surface area contributed by atoms with Gasteiger partial charge in [0.2, 0.25) is 6.79 Å². The fraction of sp³-hybridized carbons (Fsp3) is 0.200. The van der Waals surface area contributed by atoms with Crippen LogP contribution in [0.25, 0.3) is 11.1 Å². The second-order valence-corrected chi connectivity index (χ2v) is 6.51. The van der Waals surface area contributed by atoms with E-state index in [9.17, 15) is 5.26 Å². The molecule has 2 aliphatic rings. The lowest BCUT2D eigenvalue weighted by atomic mass is 9.92. The van der Waals surface area contributed by atoms with Crippen LogP contribution in [0.5, 0.6) is 11.5 Å². The number of nitriles is 1. The smallest absolute Gasteiger partial charge is 0.231 e. The molecule has 0 saturated carbocycles. The highest BCUT2D eigenvalue weighted by atomic mass is 16.7. The molecule has 2 N–H and O–H groups in total. The standard InChI is InChI=1S/C20H16N4O3/c21-8-14-19(12-4-6-25-10-12)15-9-24(5-3-16(15)23-20(14)22)13-1-2-17-18(7-13)27-11-26-17/h1-2,4,6-7,10H,3,5,9,11H2,(H2,22,23). The van der Waals surface area contributed by atoms with E-state index < -0.39 is 0 Å². The largest absolute Gasteiger partial charge is 0.472 e. The van der Waals surface area contributed by atoms with Gasteiger partial charge in [-0.05, 0) is 18.2 Å². The van der Waals surface area contributed by atoms with Crippen LogP contribution in [0.2, 0.25) is 0 Å². The van der Waals surface area contributed by atoms with Gasteiger partial charge in [-0.2, -0.15) is 5.26 Å². The maximum Gasteiger partial charge on any atom is 0.231 e. The van der Waals surface area contributed by atoms with Crippen molar-refractivity contribution in [3.63, 3.8) is 0 Å². The molecule has 0 saturated heterocycles. The van der Waals surface area contributed by atoms with Crippen molar-refractivity contribution in [1.29, 1.82) is 5.26 Å². The highest BCUT2D eigenvalue weighted by molar-refractivity contribution is 5.79. The average Bonchev–Trinajstić information content (AvgIpc) is 3.37. The zero-order chi connectivity index (χ0) is 18.4. The highest BCUT2D eigenvalue weighted by Crippen LogP contribution is 2.39.